The van der Waals surface area contributed by atoms with Crippen LogP contribution in [0.1, 0.15) is 37.5 Å². The van der Waals surface area contributed by atoms with Gasteiger partial charge in [-0.1, -0.05) is 57.2 Å². The molecule has 0 saturated carbocycles. The molecule has 0 aromatic heterocycles. The van der Waals surface area contributed by atoms with Crippen LogP contribution in [0.5, 0.6) is 0 Å². The van der Waals surface area contributed by atoms with Crippen molar-refractivity contribution in [2.45, 2.75) is 40.0 Å². The van der Waals surface area contributed by atoms with E-state index < -0.39 is 0 Å². The Morgan fingerprint density at radius 3 is 2.11 bits per heavy atom. The minimum absolute atomic E-state index is 0.216. The third-order valence-corrected chi connectivity index (χ3v) is 3.36. The molecule has 0 amide bonds. The van der Waals surface area contributed by atoms with E-state index in [9.17, 15) is 0 Å². The topological polar surface area (TPSA) is 0 Å². The summed E-state index contributed by atoms with van der Waals surface area (Å²) in [6.45, 7) is 11.0. The molecule has 0 aliphatic rings. The van der Waals surface area contributed by atoms with Crippen LogP contribution in [0, 0.1) is 19.9 Å². The summed E-state index contributed by atoms with van der Waals surface area (Å²) < 4.78 is 0. The fraction of sp³-hybridized carbons (Fsp3) is 0.333. The minimum Gasteiger partial charge on any atom is -0.0579 e. The van der Waals surface area contributed by atoms with Gasteiger partial charge in [0.25, 0.3) is 0 Å². The van der Waals surface area contributed by atoms with Crippen molar-refractivity contribution in [3.8, 4) is 11.1 Å². The van der Waals surface area contributed by atoms with Gasteiger partial charge in [0, 0.05) is 0 Å². The zero-order chi connectivity index (χ0) is 13.3. The molecule has 0 saturated heterocycles. The summed E-state index contributed by atoms with van der Waals surface area (Å²) in [6.07, 6.45) is 0. The Hall–Kier alpha value is -1.56. The predicted molar refractivity (Wildman–Crippen MR) is 78.9 cm³/mol. The number of rotatable bonds is 1. The Bertz CT molecular complexity index is 539. The molecule has 2 aromatic rings. The number of aryl methyl sites for hydroxylation is 2. The maximum Gasteiger partial charge on any atom is -0.0132 e. The molecule has 0 bridgehead atoms. The fourth-order valence-electron chi connectivity index (χ4n) is 2.13. The van der Waals surface area contributed by atoms with E-state index in [1.165, 1.54) is 27.8 Å². The van der Waals surface area contributed by atoms with Gasteiger partial charge in [0.15, 0.2) is 0 Å². The van der Waals surface area contributed by atoms with E-state index in [2.05, 4.69) is 77.1 Å². The van der Waals surface area contributed by atoms with Crippen molar-refractivity contribution < 1.29 is 0 Å². The molecule has 0 fully saturated rings. The van der Waals surface area contributed by atoms with Crippen LogP contribution < -0.4 is 0 Å². The second-order valence-electron chi connectivity index (χ2n) is 6.04. The maximum absolute atomic E-state index is 3.25. The van der Waals surface area contributed by atoms with Gasteiger partial charge in [0.2, 0.25) is 0 Å². The molecule has 0 heterocycles. The molecule has 18 heavy (non-hydrogen) atoms. The molecule has 2 aromatic carbocycles. The van der Waals surface area contributed by atoms with Gasteiger partial charge in [-0.05, 0) is 53.1 Å². The third kappa shape index (κ3) is 2.64. The highest BCUT2D eigenvalue weighted by molar-refractivity contribution is 5.68. The van der Waals surface area contributed by atoms with Gasteiger partial charge in [-0.15, -0.1) is 0 Å². The Morgan fingerprint density at radius 1 is 0.944 bits per heavy atom. The Morgan fingerprint density at radius 2 is 1.56 bits per heavy atom. The lowest BCUT2D eigenvalue weighted by molar-refractivity contribution is 0.590. The molecule has 0 N–H and O–H groups in total. The molecular formula is C18H21. The molecule has 0 unspecified atom stereocenters. The van der Waals surface area contributed by atoms with E-state index >= 15 is 0 Å². The van der Waals surface area contributed by atoms with Gasteiger partial charge in [0.1, 0.15) is 0 Å². The molecule has 0 aliphatic carbocycles. The second kappa shape index (κ2) is 4.61. The summed E-state index contributed by atoms with van der Waals surface area (Å²) in [5.74, 6) is 0. The Labute approximate surface area is 111 Å². The molecule has 1 radical (unpaired) electrons. The van der Waals surface area contributed by atoms with Crippen LogP contribution in [0.25, 0.3) is 11.1 Å². The monoisotopic (exact) mass is 237 g/mol. The van der Waals surface area contributed by atoms with Gasteiger partial charge >= 0.3 is 0 Å². The lowest BCUT2D eigenvalue weighted by Gasteiger charge is -2.19. The quantitative estimate of drug-likeness (QED) is 0.649. The lowest BCUT2D eigenvalue weighted by atomic mass is 9.86. The molecular weight excluding hydrogens is 216 g/mol. The molecule has 2 rings (SSSR count). The van der Waals surface area contributed by atoms with Crippen molar-refractivity contribution in [1.29, 1.82) is 0 Å². The van der Waals surface area contributed by atoms with E-state index in [0.717, 1.165) is 0 Å². The van der Waals surface area contributed by atoms with Crippen LogP contribution in [-0.4, -0.2) is 0 Å². The van der Waals surface area contributed by atoms with Crippen molar-refractivity contribution in [3.05, 3.63) is 59.2 Å². The third-order valence-electron chi connectivity index (χ3n) is 3.36. The summed E-state index contributed by atoms with van der Waals surface area (Å²) in [7, 11) is 0. The molecule has 93 valence electrons. The minimum atomic E-state index is 0.216. The predicted octanol–water partition coefficient (Wildman–Crippen LogP) is 5.07. The molecule has 0 aliphatic heterocycles. The van der Waals surface area contributed by atoms with Crippen molar-refractivity contribution >= 4 is 0 Å². The van der Waals surface area contributed by atoms with E-state index in [4.69, 9.17) is 0 Å². The summed E-state index contributed by atoms with van der Waals surface area (Å²) >= 11 is 0. The van der Waals surface area contributed by atoms with E-state index in [-0.39, 0.29) is 5.41 Å². The smallest absolute Gasteiger partial charge is 0.0132 e. The number of hydrogen-bond acceptors (Lipinski definition) is 0. The van der Waals surface area contributed by atoms with Crippen molar-refractivity contribution in [3.63, 3.8) is 0 Å². The van der Waals surface area contributed by atoms with Gasteiger partial charge in [-0.25, -0.2) is 0 Å². The first-order valence-electron chi connectivity index (χ1n) is 6.48. The highest BCUT2D eigenvalue weighted by atomic mass is 14.2. The first-order valence-corrected chi connectivity index (χ1v) is 6.48. The van der Waals surface area contributed by atoms with E-state index in [1.807, 2.05) is 0 Å². The maximum atomic E-state index is 3.25. The fourth-order valence-corrected chi connectivity index (χ4v) is 2.13. The average molecular weight is 237 g/mol. The van der Waals surface area contributed by atoms with Gasteiger partial charge in [-0.2, -0.15) is 0 Å². The molecule has 0 atom stereocenters. The first kappa shape index (κ1) is 12.9. The summed E-state index contributed by atoms with van der Waals surface area (Å²) in [5, 5.41) is 0. The van der Waals surface area contributed by atoms with Crippen LogP contribution in [0.3, 0.4) is 0 Å². The normalized spacial score (nSPS) is 11.6. The lowest BCUT2D eigenvalue weighted by Crippen LogP contribution is -2.10. The van der Waals surface area contributed by atoms with Crippen LogP contribution >= 0.6 is 0 Å². The van der Waals surface area contributed by atoms with Gasteiger partial charge in [-0.3, -0.25) is 0 Å². The van der Waals surface area contributed by atoms with E-state index in [0.29, 0.717) is 0 Å². The largest absolute Gasteiger partial charge is 0.0579 e. The van der Waals surface area contributed by atoms with Crippen LogP contribution in [0.4, 0.5) is 0 Å². The van der Waals surface area contributed by atoms with Crippen LogP contribution in [0.2, 0.25) is 0 Å². The molecule has 0 spiro atoms. The number of benzene rings is 2. The van der Waals surface area contributed by atoms with Gasteiger partial charge in [0.05, 0.1) is 0 Å². The average Bonchev–Trinajstić information content (AvgIpc) is 2.31. The zero-order valence-electron chi connectivity index (χ0n) is 12.0. The van der Waals surface area contributed by atoms with Crippen LogP contribution in [0.15, 0.2) is 36.4 Å². The summed E-state index contributed by atoms with van der Waals surface area (Å²) in [6, 6.07) is 16.4. The highest BCUT2D eigenvalue weighted by Crippen LogP contribution is 2.28. The second-order valence-corrected chi connectivity index (χ2v) is 6.04. The highest BCUT2D eigenvalue weighted by Gasteiger charge is 2.13. The first-order chi connectivity index (χ1) is 8.38. The standard InChI is InChI=1S/C18H21/c1-13-6-7-14(2)17(12-13)15-8-10-16(11-9-15)18(3,4)5/h7-12H,1-5H3. The Kier molecular flexibility index (Phi) is 3.30. The number of hydrogen-bond donors (Lipinski definition) is 0. The van der Waals surface area contributed by atoms with Crippen molar-refractivity contribution in [2.75, 3.05) is 0 Å². The molecule has 0 nitrogen and oxygen atoms in total. The van der Waals surface area contributed by atoms with E-state index in [1.54, 1.807) is 0 Å². The summed E-state index contributed by atoms with van der Waals surface area (Å²) in [5.41, 5.74) is 6.67. The van der Waals surface area contributed by atoms with Crippen LogP contribution in [-0.2, 0) is 5.41 Å². The van der Waals surface area contributed by atoms with Crippen molar-refractivity contribution in [2.24, 2.45) is 0 Å². The zero-order valence-corrected chi connectivity index (χ0v) is 12.0. The van der Waals surface area contributed by atoms with Gasteiger partial charge < -0.3 is 0 Å². The molecule has 0 heteroatoms. The summed E-state index contributed by atoms with van der Waals surface area (Å²) in [4.78, 5) is 0. The van der Waals surface area contributed by atoms with Crippen molar-refractivity contribution in [1.82, 2.24) is 0 Å². The Balaban J connectivity index is 2.43. The SMILES string of the molecule is Cc1[c]cc(C)c(-c2ccc(C(C)(C)C)cc2)c1.